The second-order valence-corrected chi connectivity index (χ2v) is 21.3. The smallest absolute Gasteiger partial charge is 0.286 e. The standard InChI is InChI=1S/C56H76N6O6S2/c1-5-11-53(65)61(54(66)12-6-2)47-23-19-41(20-24-47)35-43-15-9-17-45-37-59(31-27-49(43)45)39-51(63)57-29-33-69-70-34-30-58-52(64)40-60-32-28-50-44(16-10-18-46(50)38-60)36-42-21-25-48(26-22-42)62(55(67)13-7-3)56(68)14-8-4/h19-28,31-32,35-38,53-56,65-68H,5-18,29-30,33-34,39-40H2,1-4H3/p+2. The van der Waals surface area contributed by atoms with Crippen molar-refractivity contribution < 1.29 is 39.1 Å². The molecule has 2 aromatic heterocycles. The zero-order valence-corrected chi connectivity index (χ0v) is 43.5. The van der Waals surface area contributed by atoms with Crippen LogP contribution in [-0.4, -0.2) is 81.7 Å². The first-order valence-corrected chi connectivity index (χ1v) is 28.2. The molecule has 2 aliphatic rings. The van der Waals surface area contributed by atoms with Gasteiger partial charge >= 0.3 is 0 Å². The van der Waals surface area contributed by atoms with E-state index in [4.69, 9.17) is 0 Å². The van der Waals surface area contributed by atoms with Crippen LogP contribution in [0.1, 0.15) is 138 Å². The van der Waals surface area contributed by atoms with Gasteiger partial charge in [-0.15, -0.1) is 0 Å². The number of rotatable bonds is 27. The number of amides is 2. The van der Waals surface area contributed by atoms with Crippen LogP contribution in [-0.2, 0) is 35.5 Å². The summed E-state index contributed by atoms with van der Waals surface area (Å²) in [4.78, 5) is 29.2. The molecule has 0 radical (unpaired) electrons. The second kappa shape index (κ2) is 28.4. The van der Waals surface area contributed by atoms with Gasteiger partial charge in [-0.25, -0.2) is 0 Å². The summed E-state index contributed by atoms with van der Waals surface area (Å²) in [5, 5.41) is 49.3. The molecule has 4 aromatic rings. The van der Waals surface area contributed by atoms with Gasteiger partial charge < -0.3 is 40.9 Å². The van der Waals surface area contributed by atoms with Crippen LogP contribution in [0.5, 0.6) is 0 Å². The molecular formula is C56H78N6O6S2+2. The summed E-state index contributed by atoms with van der Waals surface area (Å²) >= 11 is 0. The van der Waals surface area contributed by atoms with E-state index >= 15 is 0 Å². The number of carbonyl (C=O) groups excluding carboxylic acids is 2. The van der Waals surface area contributed by atoms with Gasteiger partial charge in [0.05, 0.1) is 0 Å². The van der Waals surface area contributed by atoms with Crippen molar-refractivity contribution in [1.82, 2.24) is 10.6 Å². The summed E-state index contributed by atoms with van der Waals surface area (Å²) in [7, 11) is 3.38. The summed E-state index contributed by atoms with van der Waals surface area (Å²) < 4.78 is 3.93. The molecule has 2 amide bonds. The number of carbonyl (C=O) groups is 2. The molecule has 0 aliphatic heterocycles. The Labute approximate surface area is 424 Å². The van der Waals surface area contributed by atoms with Gasteiger partial charge in [0.15, 0.2) is 24.8 Å². The fourth-order valence-electron chi connectivity index (χ4n) is 9.50. The Morgan fingerprint density at radius 3 is 1.26 bits per heavy atom. The highest BCUT2D eigenvalue weighted by Crippen LogP contribution is 2.34. The third-order valence-corrected chi connectivity index (χ3v) is 15.4. The molecule has 6 N–H and O–H groups in total. The maximum Gasteiger partial charge on any atom is 0.286 e. The normalized spacial score (nSPS) is 16.2. The minimum absolute atomic E-state index is 0.0231. The summed E-state index contributed by atoms with van der Waals surface area (Å²) in [6.07, 6.45) is 21.3. The molecular weight excluding hydrogens is 917 g/mol. The van der Waals surface area contributed by atoms with Crippen molar-refractivity contribution in [3.63, 3.8) is 0 Å². The van der Waals surface area contributed by atoms with Crippen LogP contribution in [0, 0.1) is 0 Å². The first-order chi connectivity index (χ1) is 34.0. The fraction of sp³-hybridized carbons (Fsp3) is 0.500. The summed E-state index contributed by atoms with van der Waals surface area (Å²) in [5.74, 6) is 1.49. The van der Waals surface area contributed by atoms with Crippen LogP contribution in [0.25, 0.3) is 23.3 Å². The molecule has 70 heavy (non-hydrogen) atoms. The first kappa shape index (κ1) is 54.6. The number of nitrogens with one attached hydrogen (secondary N) is 2. The number of allylic oxidation sites excluding steroid dienone is 2. The lowest BCUT2D eigenvalue weighted by Crippen LogP contribution is -2.43. The monoisotopic (exact) mass is 995 g/mol. The maximum atomic E-state index is 12.9. The number of pyridine rings is 2. The second-order valence-electron chi connectivity index (χ2n) is 18.6. The van der Waals surface area contributed by atoms with Crippen molar-refractivity contribution in [2.24, 2.45) is 0 Å². The Bertz CT molecular complexity index is 2160. The number of aryl methyl sites for hydroxylation is 2. The van der Waals surface area contributed by atoms with Crippen LogP contribution >= 0.6 is 21.6 Å². The molecule has 6 rings (SSSR count). The summed E-state index contributed by atoms with van der Waals surface area (Å²) in [6, 6.07) is 20.4. The predicted octanol–water partition coefficient (Wildman–Crippen LogP) is 8.42. The molecule has 0 bridgehead atoms. The van der Waals surface area contributed by atoms with Gasteiger partial charge in [-0.3, -0.25) is 9.59 Å². The Kier molecular flexibility index (Phi) is 22.1. The zero-order chi connectivity index (χ0) is 49.8. The number of hydrogen-bond donors (Lipinski definition) is 6. The highest BCUT2D eigenvalue weighted by atomic mass is 33.1. The Morgan fingerprint density at radius 2 is 0.914 bits per heavy atom. The number of nitrogens with zero attached hydrogens (tertiary/aromatic N) is 4. The summed E-state index contributed by atoms with van der Waals surface area (Å²) in [5.41, 5.74) is 11.2. The van der Waals surface area contributed by atoms with Crippen LogP contribution in [0.2, 0.25) is 0 Å². The van der Waals surface area contributed by atoms with Gasteiger partial charge in [-0.2, -0.15) is 9.13 Å². The van der Waals surface area contributed by atoms with E-state index in [1.165, 1.54) is 33.4 Å². The first-order valence-electron chi connectivity index (χ1n) is 25.7. The van der Waals surface area contributed by atoms with E-state index in [0.717, 1.165) is 98.2 Å². The Hall–Kier alpha value is -4.70. The van der Waals surface area contributed by atoms with Crippen molar-refractivity contribution in [3.8, 4) is 0 Å². The third-order valence-electron chi connectivity index (χ3n) is 13.0. The minimum Gasteiger partial charge on any atom is -0.374 e. The maximum absolute atomic E-state index is 12.9. The van der Waals surface area contributed by atoms with Gasteiger partial charge in [-0.05, 0) is 122 Å². The highest BCUT2D eigenvalue weighted by molar-refractivity contribution is 8.76. The average Bonchev–Trinajstić information content (AvgIpc) is 3.34. The van der Waals surface area contributed by atoms with E-state index in [-0.39, 0.29) is 24.9 Å². The molecule has 0 fully saturated rings. The lowest BCUT2D eigenvalue weighted by atomic mass is 9.87. The number of aliphatic hydroxyl groups is 4. The van der Waals surface area contributed by atoms with E-state index in [1.807, 2.05) is 73.5 Å². The van der Waals surface area contributed by atoms with Gasteiger partial charge in [-0.1, -0.05) is 111 Å². The van der Waals surface area contributed by atoms with Gasteiger partial charge in [0, 0.05) is 59.2 Å². The molecule has 2 heterocycles. The van der Waals surface area contributed by atoms with Crippen molar-refractivity contribution in [1.29, 1.82) is 0 Å². The SMILES string of the molecule is CCCC(O)N(c1ccc(/C=C2\CCCc3c[n+](CC(=O)NCCSSCCNC(=O)C[n+]4ccc5c(c4)CCC/C5=C\c4ccc(N(C(O)CCC)C(O)CCC)cc4)ccc32)cc1)C(O)CCC. The molecule has 4 unspecified atom stereocenters. The van der Waals surface area contributed by atoms with Crippen LogP contribution in [0.3, 0.4) is 0 Å². The van der Waals surface area contributed by atoms with Gasteiger partial charge in [0.2, 0.25) is 13.1 Å². The number of fused-ring (bicyclic) bond motifs is 2. The number of aromatic nitrogens is 2. The summed E-state index contributed by atoms with van der Waals surface area (Å²) in [6.45, 7) is 9.78. The predicted molar refractivity (Wildman–Crippen MR) is 287 cm³/mol. The molecule has 14 heteroatoms. The Morgan fingerprint density at radius 1 is 0.557 bits per heavy atom. The molecule has 0 saturated carbocycles. The number of aliphatic hydroxyl groups excluding tert-OH is 4. The lowest BCUT2D eigenvalue weighted by molar-refractivity contribution is -0.685. The quantitative estimate of drug-likeness (QED) is 0.0149. The molecule has 0 saturated heterocycles. The van der Waals surface area contributed by atoms with Gasteiger partial charge in [0.25, 0.3) is 11.8 Å². The van der Waals surface area contributed by atoms with Crippen LogP contribution in [0.4, 0.5) is 11.4 Å². The van der Waals surface area contributed by atoms with E-state index in [1.54, 1.807) is 31.4 Å². The van der Waals surface area contributed by atoms with Crippen LogP contribution in [0.15, 0.2) is 85.5 Å². The van der Waals surface area contributed by atoms with Crippen LogP contribution < -0.4 is 29.6 Å². The number of anilines is 2. The van der Waals surface area contributed by atoms with E-state index in [0.29, 0.717) is 38.8 Å². The molecule has 12 nitrogen and oxygen atoms in total. The number of benzene rings is 2. The third kappa shape index (κ3) is 15.9. The van der Waals surface area contributed by atoms with Crippen molar-refractivity contribution in [3.05, 3.63) is 119 Å². The molecule has 2 aliphatic carbocycles. The fourth-order valence-corrected chi connectivity index (χ4v) is 11.3. The zero-order valence-electron chi connectivity index (χ0n) is 41.9. The van der Waals surface area contributed by atoms with E-state index < -0.39 is 24.9 Å². The van der Waals surface area contributed by atoms with Gasteiger partial charge in [0.1, 0.15) is 24.9 Å². The largest absolute Gasteiger partial charge is 0.374 e. The Balaban J connectivity index is 0.891. The average molecular weight is 995 g/mol. The molecule has 378 valence electrons. The van der Waals surface area contributed by atoms with Crippen molar-refractivity contribution >= 4 is 68.1 Å². The van der Waals surface area contributed by atoms with E-state index in [2.05, 4.69) is 71.6 Å². The minimum atomic E-state index is -0.735. The van der Waals surface area contributed by atoms with Crippen molar-refractivity contribution in [2.45, 2.75) is 156 Å². The molecule has 2 aromatic carbocycles. The highest BCUT2D eigenvalue weighted by Gasteiger charge is 2.25. The lowest BCUT2D eigenvalue weighted by Gasteiger charge is -2.34. The molecule has 4 atom stereocenters. The topological polar surface area (TPSA) is 153 Å². The molecule has 0 spiro atoms. The van der Waals surface area contributed by atoms with Crippen molar-refractivity contribution in [2.75, 3.05) is 34.4 Å². The van der Waals surface area contributed by atoms with E-state index in [9.17, 15) is 30.0 Å². The number of hydrogen-bond acceptors (Lipinski definition) is 10.